The Hall–Kier alpha value is -1.85. The van der Waals surface area contributed by atoms with Crippen LogP contribution in [0.3, 0.4) is 0 Å². The topological polar surface area (TPSA) is 119 Å². The number of carbonyl (C=O) groups is 1. The lowest BCUT2D eigenvalue weighted by Crippen LogP contribution is -2.42. The number of esters is 1. The van der Waals surface area contributed by atoms with Crippen LogP contribution < -0.4 is 16.5 Å². The number of fused-ring (bicyclic) bond motifs is 1. The quantitative estimate of drug-likeness (QED) is 0.397. The highest BCUT2D eigenvalue weighted by molar-refractivity contribution is 6.31. The van der Waals surface area contributed by atoms with E-state index < -0.39 is 36.0 Å². The Balaban J connectivity index is 0.00000176. The molecular weight excluding hydrogens is 393 g/mol. The van der Waals surface area contributed by atoms with Gasteiger partial charge < -0.3 is 9.47 Å². The van der Waals surface area contributed by atoms with Gasteiger partial charge in [0, 0.05) is 10.6 Å². The molecule has 0 spiro atoms. The third-order valence-corrected chi connectivity index (χ3v) is 3.85. The monoisotopic (exact) mass is 413 g/mol. The first-order chi connectivity index (χ1) is 12.4. The highest BCUT2D eigenvalue weighted by Crippen LogP contribution is 2.42. The van der Waals surface area contributed by atoms with Crippen molar-refractivity contribution in [3.63, 3.8) is 0 Å². The van der Waals surface area contributed by atoms with E-state index in [1.807, 2.05) is 20.8 Å². The molecule has 1 aliphatic rings. The lowest BCUT2D eigenvalue weighted by molar-refractivity contribution is -0.670. The summed E-state index contributed by atoms with van der Waals surface area (Å²) in [5, 5.41) is 7.11. The van der Waals surface area contributed by atoms with Crippen molar-refractivity contribution in [3.8, 4) is 5.75 Å². The van der Waals surface area contributed by atoms with Crippen LogP contribution in [-0.2, 0) is 19.8 Å². The molecule has 0 aromatic heterocycles. The first-order valence-corrected chi connectivity index (χ1v) is 7.92. The van der Waals surface area contributed by atoms with Crippen molar-refractivity contribution in [1.29, 1.82) is 0 Å². The molecule has 152 valence electrons. The van der Waals surface area contributed by atoms with Gasteiger partial charge in [-0.1, -0.05) is 32.4 Å². The summed E-state index contributed by atoms with van der Waals surface area (Å²) in [6, 6.07) is 2.91. The number of hydrogen-bond donors (Lipinski definition) is 3. The number of alkyl halides is 3. The Morgan fingerprint density at radius 2 is 1.93 bits per heavy atom. The van der Waals surface area contributed by atoms with Crippen molar-refractivity contribution in [2.24, 2.45) is 5.90 Å². The van der Waals surface area contributed by atoms with E-state index in [1.54, 1.807) is 0 Å². The van der Waals surface area contributed by atoms with Gasteiger partial charge in [-0.2, -0.15) is 13.2 Å². The zero-order valence-electron chi connectivity index (χ0n) is 14.9. The summed E-state index contributed by atoms with van der Waals surface area (Å²) in [4.78, 5) is 15.9. The molecule has 0 aliphatic carbocycles. The number of quaternary nitrogens is 1. The summed E-state index contributed by atoms with van der Waals surface area (Å²) in [7, 11) is 0. The molecule has 0 saturated heterocycles. The molecule has 11 heteroatoms. The number of hydrogen-bond acceptors (Lipinski definition) is 6. The van der Waals surface area contributed by atoms with Crippen LogP contribution in [0.5, 0.6) is 5.75 Å². The smallest absolute Gasteiger partial charge is 0.430 e. The minimum Gasteiger partial charge on any atom is -0.475 e. The third-order valence-electron chi connectivity index (χ3n) is 3.54. The Labute approximate surface area is 158 Å². The van der Waals surface area contributed by atoms with E-state index >= 15 is 0 Å². The van der Waals surface area contributed by atoms with E-state index in [2.05, 4.69) is 15.5 Å². The molecule has 1 atom stereocenters. The van der Waals surface area contributed by atoms with Gasteiger partial charge in [0.2, 0.25) is 12.9 Å². The van der Waals surface area contributed by atoms with E-state index in [0.717, 1.165) is 6.08 Å². The van der Waals surface area contributed by atoms with Gasteiger partial charge in [0.25, 0.3) is 0 Å². The molecule has 6 N–H and O–H groups in total. The van der Waals surface area contributed by atoms with Gasteiger partial charge in [0.05, 0.1) is 5.57 Å². The van der Waals surface area contributed by atoms with E-state index in [1.165, 1.54) is 12.1 Å². The zero-order valence-corrected chi connectivity index (χ0v) is 15.6. The molecule has 0 radical (unpaired) electrons. The van der Waals surface area contributed by atoms with Gasteiger partial charge in [0.1, 0.15) is 5.75 Å². The predicted octanol–water partition coefficient (Wildman–Crippen LogP) is 2.35. The predicted molar refractivity (Wildman–Crippen MR) is 89.5 cm³/mol. The van der Waals surface area contributed by atoms with Crippen molar-refractivity contribution in [1.82, 2.24) is 0 Å². The molecule has 1 aliphatic heterocycles. The van der Waals surface area contributed by atoms with E-state index in [4.69, 9.17) is 27.4 Å². The van der Waals surface area contributed by atoms with Gasteiger partial charge in [-0.3, -0.25) is 4.84 Å². The first kappa shape index (κ1) is 23.2. The fourth-order valence-corrected chi connectivity index (χ4v) is 2.83. The zero-order chi connectivity index (χ0) is 21.0. The molecule has 2 rings (SSSR count). The molecule has 1 aromatic rings. The molecular formula is C16H21ClF3N2O5+. The minimum absolute atomic E-state index is 0.0109. The SMILES string of the molecule is CC(C)(C)c1cc2c(cc1Cl)C=C(C(=O)OCON)C(C(F)(F)F)O2.[NH3+]O. The van der Waals surface area contributed by atoms with Crippen LogP contribution in [0.15, 0.2) is 17.7 Å². The van der Waals surface area contributed by atoms with Crippen LogP contribution in [-0.4, -0.2) is 30.2 Å². The second-order valence-electron chi connectivity index (χ2n) is 6.48. The van der Waals surface area contributed by atoms with Gasteiger partial charge in [0.15, 0.2) is 0 Å². The van der Waals surface area contributed by atoms with Gasteiger partial charge >= 0.3 is 12.1 Å². The lowest BCUT2D eigenvalue weighted by atomic mass is 9.85. The third kappa shape index (κ3) is 5.56. The average Bonchev–Trinajstić information content (AvgIpc) is 2.57. The summed E-state index contributed by atoms with van der Waals surface area (Å²) in [6.07, 6.45) is -6.22. The fraction of sp³-hybridized carbons (Fsp3) is 0.438. The Kier molecular flexibility index (Phi) is 7.64. The maximum absolute atomic E-state index is 13.3. The number of benzene rings is 1. The standard InChI is InChI=1S/C16H17ClF3NO4.H4NO/c1-15(2,3)10-6-12-8(5-11(10)17)4-9(14(22)23-7-24-21)13(25-12)16(18,19)20;1-2/h4-6,13H,7,21H2,1-3H3;2H,1H3/q;+1. The van der Waals surface area contributed by atoms with Crippen molar-refractivity contribution in [3.05, 3.63) is 33.9 Å². The van der Waals surface area contributed by atoms with E-state index in [9.17, 15) is 18.0 Å². The summed E-state index contributed by atoms with van der Waals surface area (Å²) >= 11 is 6.22. The Morgan fingerprint density at radius 1 is 1.33 bits per heavy atom. The van der Waals surface area contributed by atoms with E-state index in [-0.39, 0.29) is 11.3 Å². The lowest BCUT2D eigenvalue weighted by Gasteiger charge is -2.30. The number of rotatable bonds is 3. The number of halogens is 4. The van der Waals surface area contributed by atoms with Gasteiger partial charge in [-0.15, -0.1) is 0 Å². The largest absolute Gasteiger partial charge is 0.475 e. The van der Waals surface area contributed by atoms with Crippen LogP contribution in [0.25, 0.3) is 6.08 Å². The van der Waals surface area contributed by atoms with Crippen molar-refractivity contribution < 1.29 is 43.4 Å². The van der Waals surface area contributed by atoms with Crippen molar-refractivity contribution in [2.75, 3.05) is 6.79 Å². The molecule has 0 fully saturated rings. The van der Waals surface area contributed by atoms with Gasteiger partial charge in [-0.25, -0.2) is 21.8 Å². The molecule has 1 unspecified atom stereocenters. The highest BCUT2D eigenvalue weighted by atomic mass is 35.5. The molecule has 0 amide bonds. The van der Waals surface area contributed by atoms with Crippen molar-refractivity contribution in [2.45, 2.75) is 38.5 Å². The maximum Gasteiger partial charge on any atom is 0.430 e. The Morgan fingerprint density at radius 3 is 2.41 bits per heavy atom. The first-order valence-electron chi connectivity index (χ1n) is 7.54. The highest BCUT2D eigenvalue weighted by Gasteiger charge is 2.49. The van der Waals surface area contributed by atoms with E-state index in [0.29, 0.717) is 10.6 Å². The Bertz CT molecular complexity index is 717. The number of carbonyl (C=O) groups excluding carboxylic acids is 1. The second kappa shape index (κ2) is 8.89. The fourth-order valence-electron chi connectivity index (χ4n) is 2.37. The second-order valence-corrected chi connectivity index (χ2v) is 6.88. The molecule has 27 heavy (non-hydrogen) atoms. The maximum atomic E-state index is 13.3. The van der Waals surface area contributed by atoms with Crippen LogP contribution in [0.4, 0.5) is 13.2 Å². The minimum atomic E-state index is -4.81. The molecule has 0 saturated carbocycles. The van der Waals surface area contributed by atoms with Crippen molar-refractivity contribution >= 4 is 23.6 Å². The van der Waals surface area contributed by atoms with Crippen LogP contribution >= 0.6 is 11.6 Å². The molecule has 1 aromatic carbocycles. The summed E-state index contributed by atoms with van der Waals surface area (Å²) in [5.41, 5.74) is -0.231. The number of nitrogens with two attached hydrogens (primary N) is 1. The average molecular weight is 414 g/mol. The summed E-state index contributed by atoms with van der Waals surface area (Å²) in [5.74, 6) is 5.71. The number of ether oxygens (including phenoxy) is 2. The normalized spacial score (nSPS) is 16.4. The molecule has 0 bridgehead atoms. The van der Waals surface area contributed by atoms with Crippen LogP contribution in [0.2, 0.25) is 5.02 Å². The molecule has 1 heterocycles. The molecule has 7 nitrogen and oxygen atoms in total. The van der Waals surface area contributed by atoms with Crippen LogP contribution in [0.1, 0.15) is 31.9 Å². The summed E-state index contributed by atoms with van der Waals surface area (Å²) in [6.45, 7) is 4.93. The summed E-state index contributed by atoms with van der Waals surface area (Å²) < 4.78 is 49.6. The van der Waals surface area contributed by atoms with Crippen LogP contribution in [0, 0.1) is 0 Å². The van der Waals surface area contributed by atoms with Gasteiger partial charge in [-0.05, 0) is 29.2 Å².